The minimum absolute atomic E-state index is 0.0643. The standard InChI is InChI=1S/C17H23NO2S/c19-16(20-4-3-15-2-1-5-21-15)18-17-9-12-6-13(10-17)8-14(7-12)11-17/h1-2,5,12-14H,3-4,6-11H2,(H,18,19). The van der Waals surface area contributed by atoms with Crippen molar-refractivity contribution in [3.8, 4) is 0 Å². The zero-order valence-electron chi connectivity index (χ0n) is 12.3. The van der Waals surface area contributed by atoms with Crippen molar-refractivity contribution in [1.82, 2.24) is 5.32 Å². The highest BCUT2D eigenvalue weighted by Gasteiger charge is 2.51. The van der Waals surface area contributed by atoms with E-state index in [1.807, 2.05) is 6.07 Å². The second-order valence-corrected chi connectivity index (χ2v) is 8.32. The van der Waals surface area contributed by atoms with Crippen LogP contribution in [-0.4, -0.2) is 18.2 Å². The first-order chi connectivity index (χ1) is 10.2. The van der Waals surface area contributed by atoms with Crippen LogP contribution >= 0.6 is 11.3 Å². The van der Waals surface area contributed by atoms with Gasteiger partial charge in [-0.3, -0.25) is 0 Å². The Morgan fingerprint density at radius 1 is 1.24 bits per heavy atom. The van der Waals surface area contributed by atoms with E-state index >= 15 is 0 Å². The van der Waals surface area contributed by atoms with Gasteiger partial charge in [0.05, 0.1) is 6.61 Å². The average molecular weight is 305 g/mol. The Labute approximate surface area is 130 Å². The van der Waals surface area contributed by atoms with Gasteiger partial charge < -0.3 is 10.1 Å². The van der Waals surface area contributed by atoms with Crippen LogP contribution in [0.4, 0.5) is 4.79 Å². The van der Waals surface area contributed by atoms with Crippen molar-refractivity contribution in [1.29, 1.82) is 0 Å². The second-order valence-electron chi connectivity index (χ2n) is 7.29. The smallest absolute Gasteiger partial charge is 0.407 e. The summed E-state index contributed by atoms with van der Waals surface area (Å²) in [7, 11) is 0. The predicted molar refractivity (Wildman–Crippen MR) is 83.4 cm³/mol. The third-order valence-electron chi connectivity index (χ3n) is 5.57. The Morgan fingerprint density at radius 2 is 1.90 bits per heavy atom. The van der Waals surface area contributed by atoms with Crippen LogP contribution in [0, 0.1) is 17.8 Å². The van der Waals surface area contributed by atoms with E-state index < -0.39 is 0 Å². The first-order valence-electron chi connectivity index (χ1n) is 8.18. The lowest BCUT2D eigenvalue weighted by Gasteiger charge is -2.56. The highest BCUT2D eigenvalue weighted by Crippen LogP contribution is 2.55. The molecule has 4 aliphatic carbocycles. The summed E-state index contributed by atoms with van der Waals surface area (Å²) in [6, 6.07) is 4.13. The zero-order chi connectivity index (χ0) is 14.3. The van der Waals surface area contributed by atoms with Crippen molar-refractivity contribution in [3.05, 3.63) is 22.4 Å². The van der Waals surface area contributed by atoms with E-state index in [0.717, 1.165) is 24.2 Å². The third kappa shape index (κ3) is 2.83. The Balaban J connectivity index is 1.30. The maximum Gasteiger partial charge on any atom is 0.407 e. The van der Waals surface area contributed by atoms with E-state index in [1.54, 1.807) is 11.3 Å². The minimum Gasteiger partial charge on any atom is -0.449 e. The summed E-state index contributed by atoms with van der Waals surface area (Å²) in [5, 5.41) is 5.31. The molecule has 0 radical (unpaired) electrons. The molecular formula is C17H23NO2S. The summed E-state index contributed by atoms with van der Waals surface area (Å²) >= 11 is 1.72. The summed E-state index contributed by atoms with van der Waals surface area (Å²) in [4.78, 5) is 13.4. The molecule has 0 saturated heterocycles. The van der Waals surface area contributed by atoms with Crippen molar-refractivity contribution in [2.45, 2.75) is 50.5 Å². The number of nitrogens with one attached hydrogen (secondary N) is 1. The Kier molecular flexibility index (Phi) is 3.44. The van der Waals surface area contributed by atoms with E-state index in [0.29, 0.717) is 6.61 Å². The summed E-state index contributed by atoms with van der Waals surface area (Å²) in [5.74, 6) is 2.55. The number of carbonyl (C=O) groups excluding carboxylic acids is 1. The molecule has 1 N–H and O–H groups in total. The number of carbonyl (C=O) groups is 1. The van der Waals surface area contributed by atoms with E-state index in [9.17, 15) is 4.79 Å². The Morgan fingerprint density at radius 3 is 2.48 bits per heavy atom. The maximum absolute atomic E-state index is 12.1. The first kappa shape index (κ1) is 13.6. The lowest BCUT2D eigenvalue weighted by atomic mass is 9.53. The number of alkyl carbamates (subject to hydrolysis) is 1. The molecule has 1 heterocycles. The van der Waals surface area contributed by atoms with Crippen LogP contribution in [0.1, 0.15) is 43.4 Å². The largest absolute Gasteiger partial charge is 0.449 e. The topological polar surface area (TPSA) is 38.3 Å². The molecule has 1 amide bonds. The summed E-state index contributed by atoms with van der Waals surface area (Å²) in [5.41, 5.74) is 0.0643. The molecule has 0 unspecified atom stereocenters. The van der Waals surface area contributed by atoms with Crippen molar-refractivity contribution < 1.29 is 9.53 Å². The van der Waals surface area contributed by atoms with Crippen LogP contribution in [0.25, 0.3) is 0 Å². The van der Waals surface area contributed by atoms with Crippen molar-refractivity contribution in [2.75, 3.05) is 6.61 Å². The van der Waals surface area contributed by atoms with Gasteiger partial charge in [-0.25, -0.2) is 4.79 Å². The van der Waals surface area contributed by atoms with Crippen molar-refractivity contribution in [3.63, 3.8) is 0 Å². The van der Waals surface area contributed by atoms with Crippen LogP contribution in [0.3, 0.4) is 0 Å². The van der Waals surface area contributed by atoms with Crippen LogP contribution in [0.2, 0.25) is 0 Å². The SMILES string of the molecule is O=C(NC12CC3CC(CC(C3)C1)C2)OCCc1cccs1. The number of thiophene rings is 1. The number of amides is 1. The van der Waals surface area contributed by atoms with E-state index in [2.05, 4.69) is 16.8 Å². The molecule has 21 heavy (non-hydrogen) atoms. The fourth-order valence-corrected chi connectivity index (χ4v) is 5.91. The summed E-state index contributed by atoms with van der Waals surface area (Å²) in [6.07, 6.45) is 8.36. The van der Waals surface area contributed by atoms with Gasteiger partial charge in [0.1, 0.15) is 0 Å². The van der Waals surface area contributed by atoms with Gasteiger partial charge in [-0.15, -0.1) is 11.3 Å². The monoisotopic (exact) mass is 305 g/mol. The molecule has 0 spiro atoms. The number of ether oxygens (including phenoxy) is 1. The van der Waals surface area contributed by atoms with Gasteiger partial charge in [0.2, 0.25) is 0 Å². The van der Waals surface area contributed by atoms with Gasteiger partial charge >= 0.3 is 6.09 Å². The maximum atomic E-state index is 12.1. The minimum atomic E-state index is -0.200. The highest BCUT2D eigenvalue weighted by molar-refractivity contribution is 7.09. The van der Waals surface area contributed by atoms with E-state index in [1.165, 1.54) is 43.4 Å². The third-order valence-corrected chi connectivity index (χ3v) is 6.50. The quantitative estimate of drug-likeness (QED) is 0.913. The first-order valence-corrected chi connectivity index (χ1v) is 9.06. The fourth-order valence-electron chi connectivity index (χ4n) is 5.22. The molecule has 4 fully saturated rings. The molecule has 4 saturated carbocycles. The van der Waals surface area contributed by atoms with Crippen molar-refractivity contribution in [2.24, 2.45) is 17.8 Å². The normalized spacial score (nSPS) is 36.7. The van der Waals surface area contributed by atoms with Crippen LogP contribution in [-0.2, 0) is 11.2 Å². The molecule has 0 aliphatic heterocycles. The Bertz CT molecular complexity index is 476. The average Bonchev–Trinajstić information content (AvgIpc) is 2.89. The second kappa shape index (κ2) is 5.31. The number of hydrogen-bond donors (Lipinski definition) is 1. The summed E-state index contributed by atoms with van der Waals surface area (Å²) < 4.78 is 5.41. The molecule has 1 aromatic rings. The zero-order valence-corrected chi connectivity index (χ0v) is 13.2. The predicted octanol–water partition coefficient (Wildman–Crippen LogP) is 3.99. The molecule has 1 aromatic heterocycles. The van der Waals surface area contributed by atoms with E-state index in [4.69, 9.17) is 4.74 Å². The van der Waals surface area contributed by atoms with Gasteiger partial charge in [0.25, 0.3) is 0 Å². The van der Waals surface area contributed by atoms with Gasteiger partial charge in [-0.05, 0) is 67.7 Å². The van der Waals surface area contributed by atoms with Gasteiger partial charge in [0, 0.05) is 16.8 Å². The van der Waals surface area contributed by atoms with Gasteiger partial charge in [-0.1, -0.05) is 6.07 Å². The fraction of sp³-hybridized carbons (Fsp3) is 0.706. The molecule has 5 rings (SSSR count). The summed E-state index contributed by atoms with van der Waals surface area (Å²) in [6.45, 7) is 0.485. The van der Waals surface area contributed by atoms with Crippen molar-refractivity contribution >= 4 is 17.4 Å². The molecule has 4 aliphatic rings. The molecular weight excluding hydrogens is 282 g/mol. The molecule has 0 atom stereocenters. The molecule has 4 heteroatoms. The van der Waals surface area contributed by atoms with Gasteiger partial charge in [0.15, 0.2) is 0 Å². The number of rotatable bonds is 4. The highest BCUT2D eigenvalue weighted by atomic mass is 32.1. The molecule has 4 bridgehead atoms. The molecule has 0 aromatic carbocycles. The number of hydrogen-bond acceptors (Lipinski definition) is 3. The van der Waals surface area contributed by atoms with Gasteiger partial charge in [-0.2, -0.15) is 0 Å². The molecule has 3 nitrogen and oxygen atoms in total. The lowest BCUT2D eigenvalue weighted by Crippen LogP contribution is -2.59. The lowest BCUT2D eigenvalue weighted by molar-refractivity contribution is -0.0190. The van der Waals surface area contributed by atoms with Crippen LogP contribution in [0.15, 0.2) is 17.5 Å². The van der Waals surface area contributed by atoms with E-state index in [-0.39, 0.29) is 11.6 Å². The van der Waals surface area contributed by atoms with Crippen LogP contribution in [0.5, 0.6) is 0 Å². The van der Waals surface area contributed by atoms with Crippen LogP contribution < -0.4 is 5.32 Å². The molecule has 114 valence electrons. The Hall–Kier alpha value is -1.03.